The number of hydrogen-bond acceptors (Lipinski definition) is 12. The van der Waals surface area contributed by atoms with Crippen LogP contribution in [0.5, 0.6) is 11.5 Å². The summed E-state index contributed by atoms with van der Waals surface area (Å²) >= 11 is 2.70. The standard InChI is InChI=1S/2C23H27FN2O5S2/c2*1-4-5-6-18-15-26(17-9-7-16(24)8-10-17)19-13-21(32-3)20(31-12-11-23(27)28)14-22(19)33(29,30)25(18)2/h2*7-14,18H,4-6,15H2,1-3H3,(H,27,28)/b2*12-11+/t2*18-/m10/s1. The summed E-state index contributed by atoms with van der Waals surface area (Å²) in [6.07, 6.45) is 12.3. The average Bonchev–Trinajstić information content (AvgIpc) is 3.41. The SMILES string of the molecule is CCCC[C@@H]1CN(c2ccc(F)cc2)c2cc(SC)c(O/C=C/C(=O)O)cc2S(=O)(=O)N1C.CCCC[C@H]1CN(c2ccc(F)cc2)c2cc(SC)c(O/C=C/C(=O)O)cc2S(=O)(=O)N1C. The number of fused-ring (bicyclic) bond motifs is 2. The van der Waals surface area contributed by atoms with Gasteiger partial charge >= 0.3 is 11.9 Å². The normalized spacial score (nSPS) is 18.2. The summed E-state index contributed by atoms with van der Waals surface area (Å²) in [4.78, 5) is 26.8. The van der Waals surface area contributed by atoms with E-state index in [0.717, 1.165) is 50.4 Å². The van der Waals surface area contributed by atoms with Gasteiger partial charge < -0.3 is 29.5 Å². The number of nitrogens with zero attached hydrogens (tertiary/aromatic N) is 4. The van der Waals surface area contributed by atoms with Crippen LogP contribution in [0.1, 0.15) is 52.4 Å². The van der Waals surface area contributed by atoms with E-state index >= 15 is 0 Å². The number of rotatable bonds is 16. The maximum absolute atomic E-state index is 13.6. The zero-order valence-electron chi connectivity index (χ0n) is 37.4. The molecule has 0 unspecified atom stereocenters. The number of anilines is 4. The van der Waals surface area contributed by atoms with E-state index in [-0.39, 0.29) is 45.0 Å². The number of hydrogen-bond donors (Lipinski definition) is 2. The highest BCUT2D eigenvalue weighted by Crippen LogP contribution is 2.45. The zero-order chi connectivity index (χ0) is 48.3. The van der Waals surface area contributed by atoms with Crippen LogP contribution < -0.4 is 19.3 Å². The highest BCUT2D eigenvalue weighted by molar-refractivity contribution is 7.99. The van der Waals surface area contributed by atoms with E-state index < -0.39 is 32.0 Å². The van der Waals surface area contributed by atoms with Gasteiger partial charge in [0.05, 0.1) is 45.8 Å². The topological polar surface area (TPSA) is 174 Å². The van der Waals surface area contributed by atoms with Crippen LogP contribution in [0.4, 0.5) is 31.5 Å². The minimum Gasteiger partial charge on any atom is -0.478 e. The summed E-state index contributed by atoms with van der Waals surface area (Å²) in [5, 5.41) is 17.7. The van der Waals surface area contributed by atoms with Crippen molar-refractivity contribution in [2.75, 3.05) is 49.5 Å². The van der Waals surface area contributed by atoms with Crippen LogP contribution in [0.3, 0.4) is 0 Å². The molecule has 4 aromatic rings. The van der Waals surface area contributed by atoms with Crippen LogP contribution >= 0.6 is 23.5 Å². The molecule has 356 valence electrons. The molecular formula is C46H54F2N4O10S4. The van der Waals surface area contributed by atoms with Crippen LogP contribution in [-0.2, 0) is 29.6 Å². The number of thioether (sulfide) groups is 2. The molecule has 6 rings (SSSR count). The minimum atomic E-state index is -3.89. The van der Waals surface area contributed by atoms with Crippen LogP contribution in [-0.4, -0.2) is 99.4 Å². The van der Waals surface area contributed by atoms with Gasteiger partial charge in [-0.3, -0.25) is 0 Å². The smallest absolute Gasteiger partial charge is 0.331 e. The lowest BCUT2D eigenvalue weighted by Crippen LogP contribution is -2.40. The van der Waals surface area contributed by atoms with Crippen molar-refractivity contribution in [1.29, 1.82) is 0 Å². The van der Waals surface area contributed by atoms with Gasteiger partial charge in [0, 0.05) is 62.8 Å². The molecule has 2 atom stereocenters. The number of benzene rings is 4. The van der Waals surface area contributed by atoms with E-state index in [1.54, 1.807) is 50.5 Å². The molecule has 0 aliphatic carbocycles. The lowest BCUT2D eigenvalue weighted by molar-refractivity contribution is -0.132. The first-order valence-electron chi connectivity index (χ1n) is 21.0. The number of carboxylic acids is 2. The number of aliphatic carboxylic acids is 2. The molecule has 0 aromatic heterocycles. The van der Waals surface area contributed by atoms with Gasteiger partial charge in [-0.25, -0.2) is 35.2 Å². The molecule has 4 aromatic carbocycles. The molecule has 0 spiro atoms. The molecule has 0 amide bonds. The molecule has 2 N–H and O–H groups in total. The molecule has 0 saturated carbocycles. The predicted octanol–water partition coefficient (Wildman–Crippen LogP) is 9.71. The molecule has 14 nitrogen and oxygen atoms in total. The quantitative estimate of drug-likeness (QED) is 0.0617. The molecule has 0 fully saturated rings. The lowest BCUT2D eigenvalue weighted by Gasteiger charge is -2.29. The van der Waals surface area contributed by atoms with Crippen molar-refractivity contribution in [3.63, 3.8) is 0 Å². The lowest BCUT2D eigenvalue weighted by atomic mass is 10.1. The molecule has 0 radical (unpaired) electrons. The Morgan fingerprint density at radius 2 is 1.00 bits per heavy atom. The van der Waals surface area contributed by atoms with Crippen LogP contribution in [0.15, 0.2) is 117 Å². The first-order valence-corrected chi connectivity index (χ1v) is 26.3. The Morgan fingerprint density at radius 1 is 0.652 bits per heavy atom. The Labute approximate surface area is 394 Å². The maximum Gasteiger partial charge on any atom is 0.331 e. The Morgan fingerprint density at radius 3 is 1.30 bits per heavy atom. The van der Waals surface area contributed by atoms with Crippen molar-refractivity contribution in [1.82, 2.24) is 8.61 Å². The van der Waals surface area contributed by atoms with Crippen molar-refractivity contribution in [3.8, 4) is 11.5 Å². The van der Waals surface area contributed by atoms with Gasteiger partial charge in [-0.15, -0.1) is 23.5 Å². The highest BCUT2D eigenvalue weighted by Gasteiger charge is 2.39. The summed E-state index contributed by atoms with van der Waals surface area (Å²) in [5.41, 5.74) is 2.28. The molecule has 2 heterocycles. The average molecular weight is 989 g/mol. The summed E-state index contributed by atoms with van der Waals surface area (Å²) in [5.74, 6) is -2.63. The number of halogens is 2. The third-order valence-corrected chi connectivity index (χ3v) is 16.5. The van der Waals surface area contributed by atoms with E-state index in [4.69, 9.17) is 19.7 Å². The monoisotopic (exact) mass is 988 g/mol. The van der Waals surface area contributed by atoms with Gasteiger partial charge in [0.15, 0.2) is 0 Å². The van der Waals surface area contributed by atoms with Crippen LogP contribution in [0, 0.1) is 11.6 Å². The van der Waals surface area contributed by atoms with Gasteiger partial charge in [0.25, 0.3) is 0 Å². The van der Waals surface area contributed by atoms with E-state index in [0.29, 0.717) is 58.5 Å². The summed E-state index contributed by atoms with van der Waals surface area (Å²) in [6.45, 7) is 4.91. The largest absolute Gasteiger partial charge is 0.478 e. The first-order chi connectivity index (χ1) is 31.4. The third-order valence-electron chi connectivity index (χ3n) is 11.1. The van der Waals surface area contributed by atoms with Crippen molar-refractivity contribution in [2.24, 2.45) is 0 Å². The van der Waals surface area contributed by atoms with E-state index in [1.807, 2.05) is 22.3 Å². The van der Waals surface area contributed by atoms with Crippen LogP contribution in [0.25, 0.3) is 0 Å². The number of carbonyl (C=O) groups is 2. The zero-order valence-corrected chi connectivity index (χ0v) is 40.7. The Balaban J connectivity index is 0.000000247. The van der Waals surface area contributed by atoms with Gasteiger partial charge in [0.2, 0.25) is 20.0 Å². The summed E-state index contributed by atoms with van der Waals surface area (Å²) < 4.78 is 95.5. The van der Waals surface area contributed by atoms with Gasteiger partial charge in [-0.1, -0.05) is 39.5 Å². The van der Waals surface area contributed by atoms with Gasteiger partial charge in [0.1, 0.15) is 32.9 Å². The second kappa shape index (κ2) is 23.1. The molecular weight excluding hydrogens is 935 g/mol. The number of carboxylic acid groups (broad SMARTS) is 2. The second-order valence-corrected chi connectivity index (χ2v) is 20.9. The van der Waals surface area contributed by atoms with Crippen molar-refractivity contribution in [2.45, 2.75) is 84.0 Å². The molecule has 20 heteroatoms. The Hall–Kier alpha value is -5.12. The Bertz CT molecular complexity index is 2450. The fraction of sp³-hybridized carbons (Fsp3) is 0.348. The van der Waals surface area contributed by atoms with E-state index in [1.165, 1.54) is 68.5 Å². The molecule has 0 saturated heterocycles. The second-order valence-electron chi connectivity index (χ2n) is 15.3. The number of likely N-dealkylation sites (N-methyl/N-ethyl adjacent to an activating group) is 2. The maximum atomic E-state index is 13.6. The number of sulfonamides is 2. The van der Waals surface area contributed by atoms with Crippen LogP contribution in [0.2, 0.25) is 0 Å². The fourth-order valence-corrected chi connectivity index (χ4v) is 11.6. The fourth-order valence-electron chi connectivity index (χ4n) is 7.44. The number of ether oxygens (including phenoxy) is 2. The van der Waals surface area contributed by atoms with Gasteiger partial charge in [-0.2, -0.15) is 8.61 Å². The van der Waals surface area contributed by atoms with Crippen molar-refractivity contribution in [3.05, 3.63) is 109 Å². The number of unbranched alkanes of at least 4 members (excludes halogenated alkanes) is 2. The highest BCUT2D eigenvalue weighted by atomic mass is 32.2. The van der Waals surface area contributed by atoms with Gasteiger partial charge in [-0.05, 0) is 86.0 Å². The first kappa shape index (κ1) is 51.9. The summed E-state index contributed by atoms with van der Waals surface area (Å²) in [6, 6.07) is 17.6. The third kappa shape index (κ3) is 12.3. The van der Waals surface area contributed by atoms with E-state index in [2.05, 4.69) is 13.8 Å². The molecule has 2 aliphatic heterocycles. The van der Waals surface area contributed by atoms with Crippen molar-refractivity contribution < 1.29 is 54.9 Å². The van der Waals surface area contributed by atoms with E-state index in [9.17, 15) is 35.2 Å². The summed E-state index contributed by atoms with van der Waals surface area (Å²) in [7, 11) is -4.63. The molecule has 0 bridgehead atoms. The Kier molecular flexibility index (Phi) is 18.1. The molecule has 66 heavy (non-hydrogen) atoms. The predicted molar refractivity (Wildman–Crippen MR) is 255 cm³/mol. The molecule has 2 aliphatic rings. The van der Waals surface area contributed by atoms with Crippen molar-refractivity contribution >= 4 is 78.3 Å². The minimum absolute atomic E-state index is 0.0462.